The standard InChI is InChI=1S/C20H25N5O2/c1-4-24-18(26)16-17(22(3)20(24)27)21-19-23(12-14(2)13-25(16)19)11-10-15-8-6-5-7-9-15/h5-9,14H,4,10-13H2,1-3H3/t14-/m0/s1. The van der Waals surface area contributed by atoms with Crippen molar-refractivity contribution >= 4 is 17.1 Å². The average molecular weight is 367 g/mol. The molecule has 0 saturated heterocycles. The Hall–Kier alpha value is -2.83. The van der Waals surface area contributed by atoms with Gasteiger partial charge in [-0.1, -0.05) is 37.3 Å². The molecule has 4 rings (SSSR count). The molecule has 0 aliphatic carbocycles. The number of benzene rings is 1. The van der Waals surface area contributed by atoms with Gasteiger partial charge in [-0.3, -0.25) is 13.9 Å². The third-order valence-electron chi connectivity index (χ3n) is 5.35. The molecule has 0 spiro atoms. The fraction of sp³-hybridized carbons (Fsp3) is 0.450. The van der Waals surface area contributed by atoms with E-state index in [4.69, 9.17) is 4.98 Å². The molecule has 142 valence electrons. The number of aromatic nitrogens is 4. The Morgan fingerprint density at radius 2 is 1.89 bits per heavy atom. The van der Waals surface area contributed by atoms with E-state index in [2.05, 4.69) is 24.0 Å². The maximum Gasteiger partial charge on any atom is 0.332 e. The highest BCUT2D eigenvalue weighted by atomic mass is 16.2. The van der Waals surface area contributed by atoms with Crippen LogP contribution >= 0.6 is 0 Å². The van der Waals surface area contributed by atoms with Gasteiger partial charge in [0.1, 0.15) is 0 Å². The summed E-state index contributed by atoms with van der Waals surface area (Å²) < 4.78 is 4.78. The molecule has 0 fully saturated rings. The Morgan fingerprint density at radius 3 is 2.59 bits per heavy atom. The van der Waals surface area contributed by atoms with E-state index >= 15 is 0 Å². The number of aryl methyl sites for hydroxylation is 1. The topological polar surface area (TPSA) is 65.1 Å². The molecule has 3 heterocycles. The van der Waals surface area contributed by atoms with E-state index in [1.807, 2.05) is 29.7 Å². The molecule has 1 aromatic carbocycles. The van der Waals surface area contributed by atoms with Crippen molar-refractivity contribution in [2.24, 2.45) is 13.0 Å². The molecule has 0 saturated carbocycles. The first-order valence-corrected chi connectivity index (χ1v) is 9.50. The van der Waals surface area contributed by atoms with E-state index in [-0.39, 0.29) is 11.2 Å². The summed E-state index contributed by atoms with van der Waals surface area (Å²) in [6, 6.07) is 10.4. The van der Waals surface area contributed by atoms with Crippen molar-refractivity contribution in [3.05, 3.63) is 56.7 Å². The monoisotopic (exact) mass is 367 g/mol. The van der Waals surface area contributed by atoms with Crippen molar-refractivity contribution in [2.45, 2.75) is 33.4 Å². The lowest BCUT2D eigenvalue weighted by Crippen LogP contribution is -2.41. The van der Waals surface area contributed by atoms with E-state index < -0.39 is 0 Å². The zero-order valence-electron chi connectivity index (χ0n) is 16.1. The highest BCUT2D eigenvalue weighted by molar-refractivity contribution is 5.75. The molecule has 0 radical (unpaired) electrons. The van der Waals surface area contributed by atoms with E-state index in [0.717, 1.165) is 32.0 Å². The Morgan fingerprint density at radius 1 is 1.15 bits per heavy atom. The third kappa shape index (κ3) is 2.87. The van der Waals surface area contributed by atoms with Crippen molar-refractivity contribution in [1.82, 2.24) is 18.7 Å². The average Bonchev–Trinajstić information content (AvgIpc) is 3.05. The molecule has 0 bridgehead atoms. The highest BCUT2D eigenvalue weighted by Gasteiger charge is 2.28. The number of hydrogen-bond acceptors (Lipinski definition) is 4. The van der Waals surface area contributed by atoms with Crippen LogP contribution in [-0.4, -0.2) is 31.8 Å². The summed E-state index contributed by atoms with van der Waals surface area (Å²) in [5.74, 6) is 1.19. The summed E-state index contributed by atoms with van der Waals surface area (Å²) in [6.45, 7) is 6.82. The minimum absolute atomic E-state index is 0.244. The number of hydrogen-bond donors (Lipinski definition) is 0. The van der Waals surface area contributed by atoms with Crippen molar-refractivity contribution in [3.63, 3.8) is 0 Å². The predicted octanol–water partition coefficient (Wildman–Crippen LogP) is 1.62. The molecule has 7 heteroatoms. The van der Waals surface area contributed by atoms with E-state index in [1.54, 1.807) is 7.05 Å². The molecular weight excluding hydrogens is 342 g/mol. The number of rotatable bonds is 4. The first-order chi connectivity index (χ1) is 13.0. The second kappa shape index (κ2) is 6.72. The van der Waals surface area contributed by atoms with Crippen LogP contribution in [0.4, 0.5) is 5.95 Å². The van der Waals surface area contributed by atoms with Gasteiger partial charge < -0.3 is 9.47 Å². The van der Waals surface area contributed by atoms with Crippen molar-refractivity contribution in [1.29, 1.82) is 0 Å². The van der Waals surface area contributed by atoms with Gasteiger partial charge in [-0.25, -0.2) is 4.79 Å². The zero-order valence-corrected chi connectivity index (χ0v) is 16.1. The number of anilines is 1. The first-order valence-electron chi connectivity index (χ1n) is 9.50. The zero-order chi connectivity index (χ0) is 19.1. The van der Waals surface area contributed by atoms with Crippen molar-refractivity contribution in [2.75, 3.05) is 18.0 Å². The minimum atomic E-state index is -0.311. The van der Waals surface area contributed by atoms with Gasteiger partial charge in [0.05, 0.1) is 0 Å². The summed E-state index contributed by atoms with van der Waals surface area (Å²) in [5.41, 5.74) is 1.73. The van der Waals surface area contributed by atoms with Crippen LogP contribution in [0, 0.1) is 5.92 Å². The first kappa shape index (κ1) is 17.6. The Balaban J connectivity index is 1.81. The lowest BCUT2D eigenvalue weighted by Gasteiger charge is -2.33. The molecule has 3 aromatic rings. The molecular formula is C20H25N5O2. The largest absolute Gasteiger partial charge is 0.342 e. The fourth-order valence-electron chi connectivity index (χ4n) is 3.98. The second-order valence-corrected chi connectivity index (χ2v) is 7.37. The van der Waals surface area contributed by atoms with Gasteiger partial charge in [-0.05, 0) is 24.8 Å². The normalized spacial score (nSPS) is 16.7. The number of imidazole rings is 1. The van der Waals surface area contributed by atoms with Crippen LogP contribution in [0.15, 0.2) is 39.9 Å². The molecule has 1 atom stereocenters. The van der Waals surface area contributed by atoms with Gasteiger partial charge in [-0.15, -0.1) is 0 Å². The lowest BCUT2D eigenvalue weighted by molar-refractivity contribution is 0.436. The van der Waals surface area contributed by atoms with Crippen LogP contribution in [0.1, 0.15) is 19.4 Å². The van der Waals surface area contributed by atoms with Gasteiger partial charge in [-0.2, -0.15) is 4.98 Å². The minimum Gasteiger partial charge on any atom is -0.342 e. The summed E-state index contributed by atoms with van der Waals surface area (Å²) in [4.78, 5) is 32.3. The van der Waals surface area contributed by atoms with Gasteiger partial charge in [0.15, 0.2) is 11.2 Å². The number of fused-ring (bicyclic) bond motifs is 3. The van der Waals surface area contributed by atoms with Crippen LogP contribution < -0.4 is 16.1 Å². The summed E-state index contributed by atoms with van der Waals surface area (Å²) in [7, 11) is 1.69. The summed E-state index contributed by atoms with van der Waals surface area (Å²) >= 11 is 0. The second-order valence-electron chi connectivity index (χ2n) is 7.37. The van der Waals surface area contributed by atoms with Crippen LogP contribution in [0.3, 0.4) is 0 Å². The maximum absolute atomic E-state index is 12.9. The molecule has 1 aliphatic heterocycles. The lowest BCUT2D eigenvalue weighted by atomic mass is 10.1. The molecule has 0 unspecified atom stereocenters. The van der Waals surface area contributed by atoms with Crippen LogP contribution in [0.2, 0.25) is 0 Å². The summed E-state index contributed by atoms with van der Waals surface area (Å²) in [6.07, 6.45) is 0.912. The van der Waals surface area contributed by atoms with Crippen LogP contribution in [-0.2, 0) is 26.6 Å². The quantitative estimate of drug-likeness (QED) is 0.703. The third-order valence-corrected chi connectivity index (χ3v) is 5.35. The summed E-state index contributed by atoms with van der Waals surface area (Å²) in [5, 5.41) is 0. The Kier molecular flexibility index (Phi) is 4.37. The van der Waals surface area contributed by atoms with E-state index in [9.17, 15) is 9.59 Å². The Labute approximate surface area is 157 Å². The van der Waals surface area contributed by atoms with Crippen molar-refractivity contribution < 1.29 is 0 Å². The smallest absolute Gasteiger partial charge is 0.332 e. The van der Waals surface area contributed by atoms with Gasteiger partial charge >= 0.3 is 5.69 Å². The highest BCUT2D eigenvalue weighted by Crippen LogP contribution is 2.26. The van der Waals surface area contributed by atoms with Crippen molar-refractivity contribution in [3.8, 4) is 0 Å². The van der Waals surface area contributed by atoms with E-state index in [0.29, 0.717) is 23.6 Å². The predicted molar refractivity (Wildman–Crippen MR) is 106 cm³/mol. The molecule has 0 amide bonds. The molecule has 7 nitrogen and oxygen atoms in total. The molecule has 2 aromatic heterocycles. The van der Waals surface area contributed by atoms with E-state index in [1.165, 1.54) is 14.7 Å². The van der Waals surface area contributed by atoms with Crippen LogP contribution in [0.25, 0.3) is 11.2 Å². The SMILES string of the molecule is CCn1c(=O)c2c(nc3n2C[C@@H](C)CN3CCc2ccccc2)n(C)c1=O. The van der Waals surface area contributed by atoms with Gasteiger partial charge in [0.25, 0.3) is 5.56 Å². The van der Waals surface area contributed by atoms with Gasteiger partial charge in [0.2, 0.25) is 5.95 Å². The number of nitrogens with zero attached hydrogens (tertiary/aromatic N) is 5. The fourth-order valence-corrected chi connectivity index (χ4v) is 3.98. The Bertz CT molecular complexity index is 1090. The van der Waals surface area contributed by atoms with Gasteiger partial charge in [0, 0.05) is 33.2 Å². The molecule has 27 heavy (non-hydrogen) atoms. The molecule has 1 aliphatic rings. The molecule has 0 N–H and O–H groups in total. The maximum atomic E-state index is 12.9. The van der Waals surface area contributed by atoms with Crippen LogP contribution in [0.5, 0.6) is 0 Å².